The molecule has 17 heavy (non-hydrogen) atoms. The summed E-state index contributed by atoms with van der Waals surface area (Å²) in [4.78, 5) is 0. The van der Waals surface area contributed by atoms with Crippen molar-refractivity contribution in [1.82, 2.24) is 9.78 Å². The summed E-state index contributed by atoms with van der Waals surface area (Å²) in [6.07, 6.45) is 0.828. The Kier molecular flexibility index (Phi) is 2.53. The molecular formula is C12H12ClN3O. The van der Waals surface area contributed by atoms with E-state index in [1.807, 2.05) is 24.3 Å². The molecular weight excluding hydrogens is 238 g/mol. The Bertz CT molecular complexity index is 548. The molecule has 2 heterocycles. The largest absolute Gasteiger partial charge is 0.383 e. The molecule has 5 heteroatoms. The standard InChI is InChI=1S/C12H12ClN3O/c13-8-1-3-9(4-2-8)16-12(14)10-5-6-17-7-11(10)15-16/h1-4H,5-7,14H2. The first-order valence-electron chi connectivity index (χ1n) is 5.45. The van der Waals surface area contributed by atoms with Crippen LogP contribution in [0.15, 0.2) is 24.3 Å². The number of hydrogen-bond acceptors (Lipinski definition) is 3. The molecule has 1 aliphatic rings. The second-order valence-electron chi connectivity index (χ2n) is 4.00. The van der Waals surface area contributed by atoms with Crippen LogP contribution in [0.25, 0.3) is 5.69 Å². The molecule has 0 bridgehead atoms. The van der Waals surface area contributed by atoms with Crippen LogP contribution in [0.3, 0.4) is 0 Å². The normalized spacial score (nSPS) is 14.6. The van der Waals surface area contributed by atoms with Crippen LogP contribution in [0.4, 0.5) is 5.82 Å². The molecule has 0 aliphatic carbocycles. The average molecular weight is 250 g/mol. The Morgan fingerprint density at radius 1 is 1.29 bits per heavy atom. The van der Waals surface area contributed by atoms with Crippen LogP contribution in [-0.4, -0.2) is 16.4 Å². The van der Waals surface area contributed by atoms with Crippen molar-refractivity contribution in [2.45, 2.75) is 13.0 Å². The van der Waals surface area contributed by atoms with Crippen LogP contribution in [0.1, 0.15) is 11.3 Å². The number of benzene rings is 1. The predicted molar refractivity (Wildman–Crippen MR) is 66.3 cm³/mol. The van der Waals surface area contributed by atoms with Gasteiger partial charge in [-0.25, -0.2) is 4.68 Å². The first-order chi connectivity index (χ1) is 8.25. The number of aromatic nitrogens is 2. The van der Waals surface area contributed by atoms with E-state index >= 15 is 0 Å². The van der Waals surface area contributed by atoms with Gasteiger partial charge in [0.05, 0.1) is 24.6 Å². The Labute approximate surface area is 104 Å². The Morgan fingerprint density at radius 2 is 2.06 bits per heavy atom. The third-order valence-electron chi connectivity index (χ3n) is 2.91. The second-order valence-corrected chi connectivity index (χ2v) is 4.44. The number of anilines is 1. The van der Waals surface area contributed by atoms with Gasteiger partial charge in [-0.3, -0.25) is 0 Å². The number of ether oxygens (including phenoxy) is 1. The molecule has 3 rings (SSSR count). The van der Waals surface area contributed by atoms with Crippen molar-refractivity contribution in [3.05, 3.63) is 40.5 Å². The van der Waals surface area contributed by atoms with Crippen molar-refractivity contribution < 1.29 is 4.74 Å². The lowest BCUT2D eigenvalue weighted by molar-refractivity contribution is 0.108. The molecule has 88 valence electrons. The summed E-state index contributed by atoms with van der Waals surface area (Å²) in [5, 5.41) is 5.18. The van der Waals surface area contributed by atoms with Gasteiger partial charge in [0.2, 0.25) is 0 Å². The highest BCUT2D eigenvalue weighted by Crippen LogP contribution is 2.25. The molecule has 1 aromatic heterocycles. The van der Waals surface area contributed by atoms with Crippen molar-refractivity contribution in [2.75, 3.05) is 12.3 Å². The number of fused-ring (bicyclic) bond motifs is 1. The van der Waals surface area contributed by atoms with Crippen LogP contribution >= 0.6 is 11.6 Å². The quantitative estimate of drug-likeness (QED) is 0.843. The highest BCUT2D eigenvalue weighted by Gasteiger charge is 2.19. The topological polar surface area (TPSA) is 53.1 Å². The lowest BCUT2D eigenvalue weighted by Crippen LogP contribution is -2.09. The minimum atomic E-state index is 0.542. The summed E-state index contributed by atoms with van der Waals surface area (Å²) in [6.45, 7) is 1.25. The summed E-state index contributed by atoms with van der Waals surface area (Å²) >= 11 is 5.86. The zero-order chi connectivity index (χ0) is 11.8. The maximum Gasteiger partial charge on any atom is 0.130 e. The molecule has 0 amide bonds. The molecule has 0 radical (unpaired) electrons. The van der Waals surface area contributed by atoms with E-state index < -0.39 is 0 Å². The van der Waals surface area contributed by atoms with E-state index in [4.69, 9.17) is 22.1 Å². The monoisotopic (exact) mass is 249 g/mol. The Balaban J connectivity index is 2.09. The van der Waals surface area contributed by atoms with E-state index in [1.54, 1.807) is 4.68 Å². The van der Waals surface area contributed by atoms with Crippen LogP contribution in [-0.2, 0) is 17.8 Å². The number of halogens is 1. The summed E-state index contributed by atoms with van der Waals surface area (Å²) in [7, 11) is 0. The first-order valence-corrected chi connectivity index (χ1v) is 5.83. The fraction of sp³-hybridized carbons (Fsp3) is 0.250. The summed E-state index contributed by atoms with van der Waals surface area (Å²) in [5.41, 5.74) is 9.06. The number of rotatable bonds is 1. The van der Waals surface area contributed by atoms with Gasteiger partial charge in [-0.1, -0.05) is 11.6 Å². The fourth-order valence-electron chi connectivity index (χ4n) is 2.02. The van der Waals surface area contributed by atoms with E-state index in [2.05, 4.69) is 5.10 Å². The highest BCUT2D eigenvalue weighted by atomic mass is 35.5. The van der Waals surface area contributed by atoms with Crippen molar-refractivity contribution >= 4 is 17.4 Å². The van der Waals surface area contributed by atoms with Crippen LogP contribution in [0.5, 0.6) is 0 Å². The molecule has 0 saturated carbocycles. The van der Waals surface area contributed by atoms with Crippen LogP contribution < -0.4 is 5.73 Å². The summed E-state index contributed by atoms with van der Waals surface area (Å²) in [5.74, 6) is 0.700. The third kappa shape index (κ3) is 1.79. The Hall–Kier alpha value is -1.52. The maximum absolute atomic E-state index is 6.11. The number of nitrogens with zero attached hydrogens (tertiary/aromatic N) is 2. The summed E-state index contributed by atoms with van der Waals surface area (Å²) in [6, 6.07) is 7.46. The average Bonchev–Trinajstić information content (AvgIpc) is 2.69. The van der Waals surface area contributed by atoms with Crippen molar-refractivity contribution in [2.24, 2.45) is 0 Å². The molecule has 1 aliphatic heterocycles. The molecule has 0 atom stereocenters. The van der Waals surface area contributed by atoms with Crippen LogP contribution in [0, 0.1) is 0 Å². The molecule has 0 spiro atoms. The van der Waals surface area contributed by atoms with Gasteiger partial charge in [0.25, 0.3) is 0 Å². The molecule has 4 nitrogen and oxygen atoms in total. The smallest absolute Gasteiger partial charge is 0.130 e. The van der Waals surface area contributed by atoms with Gasteiger partial charge in [-0.2, -0.15) is 5.10 Å². The van der Waals surface area contributed by atoms with Crippen LogP contribution in [0.2, 0.25) is 5.02 Å². The van der Waals surface area contributed by atoms with Gasteiger partial charge in [-0.05, 0) is 24.3 Å². The molecule has 0 unspecified atom stereocenters. The van der Waals surface area contributed by atoms with Gasteiger partial charge in [-0.15, -0.1) is 0 Å². The van der Waals surface area contributed by atoms with E-state index in [0.29, 0.717) is 24.1 Å². The minimum absolute atomic E-state index is 0.542. The summed E-state index contributed by atoms with van der Waals surface area (Å²) < 4.78 is 7.11. The zero-order valence-corrected chi connectivity index (χ0v) is 9.94. The molecule has 1 aromatic carbocycles. The number of nitrogens with two attached hydrogens (primary N) is 1. The molecule has 0 saturated heterocycles. The fourth-order valence-corrected chi connectivity index (χ4v) is 2.15. The van der Waals surface area contributed by atoms with Gasteiger partial charge < -0.3 is 10.5 Å². The first kappa shape index (κ1) is 10.6. The molecule has 2 N–H and O–H groups in total. The lowest BCUT2D eigenvalue weighted by Gasteiger charge is -2.10. The minimum Gasteiger partial charge on any atom is -0.383 e. The van der Waals surface area contributed by atoms with E-state index in [0.717, 1.165) is 23.4 Å². The van der Waals surface area contributed by atoms with E-state index in [-0.39, 0.29) is 0 Å². The highest BCUT2D eigenvalue weighted by molar-refractivity contribution is 6.30. The number of hydrogen-bond donors (Lipinski definition) is 1. The molecule has 0 fully saturated rings. The lowest BCUT2D eigenvalue weighted by atomic mass is 10.1. The van der Waals surface area contributed by atoms with Gasteiger partial charge >= 0.3 is 0 Å². The van der Waals surface area contributed by atoms with Crippen molar-refractivity contribution in [3.8, 4) is 5.69 Å². The predicted octanol–water partition coefficient (Wildman–Crippen LogP) is 2.18. The van der Waals surface area contributed by atoms with Crippen molar-refractivity contribution in [1.29, 1.82) is 0 Å². The van der Waals surface area contributed by atoms with E-state index in [9.17, 15) is 0 Å². The molecule has 2 aromatic rings. The SMILES string of the molecule is Nc1c2c(nn1-c1ccc(Cl)cc1)COCC2. The third-order valence-corrected chi connectivity index (χ3v) is 3.16. The number of nitrogen functional groups attached to an aromatic ring is 1. The second kappa shape index (κ2) is 4.05. The van der Waals surface area contributed by atoms with Crippen molar-refractivity contribution in [3.63, 3.8) is 0 Å². The maximum atomic E-state index is 6.11. The zero-order valence-electron chi connectivity index (χ0n) is 9.19. The van der Waals surface area contributed by atoms with Gasteiger partial charge in [0.15, 0.2) is 0 Å². The van der Waals surface area contributed by atoms with E-state index in [1.165, 1.54) is 0 Å². The van der Waals surface area contributed by atoms with Gasteiger partial charge in [0, 0.05) is 17.0 Å². The van der Waals surface area contributed by atoms with Gasteiger partial charge in [0.1, 0.15) is 5.82 Å². The Morgan fingerprint density at radius 3 is 2.76 bits per heavy atom.